The number of pyridine rings is 2. The first-order valence-electron chi connectivity index (χ1n) is 11.5. The molecule has 0 radical (unpaired) electrons. The van der Waals surface area contributed by atoms with E-state index in [1.54, 1.807) is 31.6 Å². The number of nitrogens with zero attached hydrogens (tertiary/aromatic N) is 4. The van der Waals surface area contributed by atoms with E-state index in [4.69, 9.17) is 9.47 Å². The molecule has 182 valence electrons. The van der Waals surface area contributed by atoms with Gasteiger partial charge in [-0.3, -0.25) is 4.98 Å². The zero-order chi connectivity index (χ0) is 24.4. The Morgan fingerprint density at radius 3 is 2.60 bits per heavy atom. The highest BCUT2D eigenvalue weighted by Crippen LogP contribution is 2.29. The topological polar surface area (TPSA) is 110 Å². The molecule has 10 heteroatoms. The van der Waals surface area contributed by atoms with Crippen LogP contribution in [-0.4, -0.2) is 66.1 Å². The molecule has 1 aromatic carbocycles. The number of rotatable bonds is 7. The van der Waals surface area contributed by atoms with Crippen molar-refractivity contribution in [2.75, 3.05) is 33.4 Å². The SMILES string of the molecule is COc1ccnc(CCc2nc3ncc(-c4ccc(S(=O)(=O)N5CCOCC5)cc4)c(C)c3[nH]2)c1. The molecule has 0 unspecified atom stereocenters. The molecule has 0 spiro atoms. The number of sulfonamides is 1. The summed E-state index contributed by atoms with van der Waals surface area (Å²) in [6, 6.07) is 10.7. The van der Waals surface area contributed by atoms with E-state index in [9.17, 15) is 8.42 Å². The fourth-order valence-electron chi connectivity index (χ4n) is 4.24. The lowest BCUT2D eigenvalue weighted by atomic mass is 10.0. The molecular weight excluding hydrogens is 466 g/mol. The third-order valence-corrected chi connectivity index (χ3v) is 8.16. The molecule has 1 aliphatic rings. The number of methoxy groups -OCH3 is 1. The number of morpholine rings is 1. The molecule has 35 heavy (non-hydrogen) atoms. The van der Waals surface area contributed by atoms with Crippen LogP contribution in [-0.2, 0) is 27.6 Å². The monoisotopic (exact) mass is 493 g/mol. The maximum Gasteiger partial charge on any atom is 0.243 e. The summed E-state index contributed by atoms with van der Waals surface area (Å²) in [5.41, 5.74) is 5.30. The Morgan fingerprint density at radius 2 is 1.86 bits per heavy atom. The minimum atomic E-state index is -3.53. The van der Waals surface area contributed by atoms with E-state index in [1.807, 2.05) is 31.2 Å². The predicted molar refractivity (Wildman–Crippen MR) is 132 cm³/mol. The van der Waals surface area contributed by atoms with Crippen molar-refractivity contribution < 1.29 is 17.9 Å². The highest BCUT2D eigenvalue weighted by atomic mass is 32.2. The van der Waals surface area contributed by atoms with Crippen molar-refractivity contribution in [1.29, 1.82) is 0 Å². The van der Waals surface area contributed by atoms with Crippen molar-refractivity contribution in [1.82, 2.24) is 24.2 Å². The average Bonchev–Trinajstić information content (AvgIpc) is 3.33. The number of aryl methyl sites for hydroxylation is 3. The van der Waals surface area contributed by atoms with Gasteiger partial charge in [-0.15, -0.1) is 0 Å². The van der Waals surface area contributed by atoms with E-state index in [0.29, 0.717) is 38.4 Å². The van der Waals surface area contributed by atoms with Gasteiger partial charge in [-0.25, -0.2) is 18.4 Å². The summed E-state index contributed by atoms with van der Waals surface area (Å²) in [5.74, 6) is 1.62. The summed E-state index contributed by atoms with van der Waals surface area (Å²) in [6.07, 6.45) is 4.95. The van der Waals surface area contributed by atoms with Crippen LogP contribution in [0.25, 0.3) is 22.3 Å². The highest BCUT2D eigenvalue weighted by Gasteiger charge is 2.26. The van der Waals surface area contributed by atoms with E-state index >= 15 is 0 Å². The van der Waals surface area contributed by atoms with Crippen LogP contribution in [0.2, 0.25) is 0 Å². The Bertz CT molecular complexity index is 1440. The fraction of sp³-hybridized carbons (Fsp3) is 0.320. The van der Waals surface area contributed by atoms with Crippen molar-refractivity contribution in [3.8, 4) is 16.9 Å². The number of imidazole rings is 1. The number of ether oxygens (including phenoxy) is 2. The van der Waals surface area contributed by atoms with Crippen molar-refractivity contribution >= 4 is 21.2 Å². The van der Waals surface area contributed by atoms with Crippen LogP contribution >= 0.6 is 0 Å². The molecule has 1 saturated heterocycles. The number of hydrogen-bond donors (Lipinski definition) is 1. The molecule has 4 heterocycles. The summed E-state index contributed by atoms with van der Waals surface area (Å²) in [6.45, 7) is 3.61. The molecule has 0 bridgehead atoms. The zero-order valence-corrected chi connectivity index (χ0v) is 20.5. The molecule has 9 nitrogen and oxygen atoms in total. The number of benzene rings is 1. The van der Waals surface area contributed by atoms with Crippen LogP contribution in [0.1, 0.15) is 17.1 Å². The first-order chi connectivity index (χ1) is 17.0. The standard InChI is InChI=1S/C25H27N5O4S/c1-17-22(18-3-6-21(7-4-18)35(31,32)30-11-13-34-14-12-30)16-27-25-24(17)28-23(29-25)8-5-19-15-20(33-2)9-10-26-19/h3-4,6-7,9-10,15-16H,5,8,11-14H2,1-2H3,(H,27,28,29). The van der Waals surface area contributed by atoms with Gasteiger partial charge in [0.15, 0.2) is 5.65 Å². The van der Waals surface area contributed by atoms with E-state index in [2.05, 4.69) is 19.9 Å². The van der Waals surface area contributed by atoms with E-state index in [0.717, 1.165) is 45.9 Å². The molecular formula is C25H27N5O4S. The predicted octanol–water partition coefficient (Wildman–Crippen LogP) is 3.14. The largest absolute Gasteiger partial charge is 0.497 e. The lowest BCUT2D eigenvalue weighted by Gasteiger charge is -2.26. The molecule has 5 rings (SSSR count). The van der Waals surface area contributed by atoms with Crippen LogP contribution in [0, 0.1) is 6.92 Å². The maximum atomic E-state index is 12.9. The van der Waals surface area contributed by atoms with Crippen molar-refractivity contribution in [3.05, 3.63) is 65.9 Å². The smallest absolute Gasteiger partial charge is 0.243 e. The van der Waals surface area contributed by atoms with Crippen molar-refractivity contribution in [2.45, 2.75) is 24.7 Å². The van der Waals surface area contributed by atoms with Crippen LogP contribution < -0.4 is 4.74 Å². The Labute approximate surface area is 204 Å². The first kappa shape index (κ1) is 23.4. The molecule has 0 aliphatic carbocycles. The quantitative estimate of drug-likeness (QED) is 0.421. The van der Waals surface area contributed by atoms with E-state index < -0.39 is 10.0 Å². The number of aromatic nitrogens is 4. The minimum absolute atomic E-state index is 0.282. The molecule has 1 aliphatic heterocycles. The Kier molecular flexibility index (Phi) is 6.50. The van der Waals surface area contributed by atoms with Gasteiger partial charge in [-0.05, 0) is 42.7 Å². The number of nitrogens with one attached hydrogen (secondary N) is 1. The summed E-state index contributed by atoms with van der Waals surface area (Å²) in [7, 11) is -1.89. The third kappa shape index (κ3) is 4.77. The lowest BCUT2D eigenvalue weighted by Crippen LogP contribution is -2.40. The Morgan fingerprint density at radius 1 is 1.09 bits per heavy atom. The van der Waals surface area contributed by atoms with Crippen molar-refractivity contribution in [2.24, 2.45) is 0 Å². The summed E-state index contributed by atoms with van der Waals surface area (Å²) in [4.78, 5) is 17.3. The normalized spacial score (nSPS) is 14.9. The van der Waals surface area contributed by atoms with Gasteiger partial charge in [-0.1, -0.05) is 12.1 Å². The average molecular weight is 494 g/mol. The maximum absolute atomic E-state index is 12.9. The van der Waals surface area contributed by atoms with E-state index in [1.165, 1.54) is 4.31 Å². The minimum Gasteiger partial charge on any atom is -0.497 e. The fourth-order valence-corrected chi connectivity index (χ4v) is 5.65. The third-order valence-electron chi connectivity index (χ3n) is 6.24. The van der Waals surface area contributed by atoms with Gasteiger partial charge in [-0.2, -0.15) is 4.31 Å². The molecule has 4 aromatic rings. The summed E-state index contributed by atoms with van der Waals surface area (Å²) >= 11 is 0. The molecule has 1 fully saturated rings. The van der Waals surface area contributed by atoms with Crippen LogP contribution in [0.5, 0.6) is 5.75 Å². The van der Waals surface area contributed by atoms with Gasteiger partial charge in [0, 0.05) is 49.2 Å². The lowest BCUT2D eigenvalue weighted by molar-refractivity contribution is 0.0730. The molecule has 0 amide bonds. The second kappa shape index (κ2) is 9.73. The van der Waals surface area contributed by atoms with Gasteiger partial charge >= 0.3 is 0 Å². The highest BCUT2D eigenvalue weighted by molar-refractivity contribution is 7.89. The Hall–Kier alpha value is -3.34. The first-order valence-corrected chi connectivity index (χ1v) is 12.9. The number of aromatic amines is 1. The molecule has 0 atom stereocenters. The summed E-state index contributed by atoms with van der Waals surface area (Å²) < 4.78 is 37.8. The van der Waals surface area contributed by atoms with Crippen LogP contribution in [0.15, 0.2) is 53.7 Å². The number of H-pyrrole nitrogens is 1. The van der Waals surface area contributed by atoms with Gasteiger partial charge in [0.1, 0.15) is 11.6 Å². The number of hydrogen-bond acceptors (Lipinski definition) is 7. The second-order valence-corrected chi connectivity index (χ2v) is 10.3. The number of fused-ring (bicyclic) bond motifs is 1. The summed E-state index contributed by atoms with van der Waals surface area (Å²) in [5, 5.41) is 0. The molecule has 1 N–H and O–H groups in total. The van der Waals surface area contributed by atoms with Gasteiger partial charge in [0.2, 0.25) is 10.0 Å². The van der Waals surface area contributed by atoms with Crippen LogP contribution in [0.4, 0.5) is 0 Å². The molecule has 3 aromatic heterocycles. The van der Waals surface area contributed by atoms with Crippen LogP contribution in [0.3, 0.4) is 0 Å². The van der Waals surface area contributed by atoms with Crippen molar-refractivity contribution in [3.63, 3.8) is 0 Å². The second-order valence-electron chi connectivity index (χ2n) is 8.41. The van der Waals surface area contributed by atoms with Gasteiger partial charge in [0.05, 0.1) is 30.7 Å². The zero-order valence-electron chi connectivity index (χ0n) is 19.7. The molecule has 0 saturated carbocycles. The van der Waals surface area contributed by atoms with Gasteiger partial charge in [0.25, 0.3) is 0 Å². The van der Waals surface area contributed by atoms with E-state index in [-0.39, 0.29) is 4.90 Å². The van der Waals surface area contributed by atoms with Gasteiger partial charge < -0.3 is 14.5 Å². The Balaban J connectivity index is 1.36.